The van der Waals surface area contributed by atoms with Crippen LogP contribution >= 0.6 is 24.0 Å². The van der Waals surface area contributed by atoms with E-state index in [2.05, 4.69) is 34.4 Å². The van der Waals surface area contributed by atoms with Crippen LogP contribution in [-0.2, 0) is 6.54 Å². The largest absolute Gasteiger partial charge is 0.357 e. The lowest BCUT2D eigenvalue weighted by molar-refractivity contribution is 0.167. The van der Waals surface area contributed by atoms with Gasteiger partial charge in [-0.15, -0.1) is 24.0 Å². The minimum atomic E-state index is -0.197. The van der Waals surface area contributed by atoms with Crippen LogP contribution in [0.25, 0.3) is 0 Å². The second-order valence-electron chi connectivity index (χ2n) is 6.33. The topological polar surface area (TPSA) is 39.7 Å². The van der Waals surface area contributed by atoms with Crippen LogP contribution in [0.2, 0.25) is 0 Å². The molecule has 0 unspecified atom stereocenters. The van der Waals surface area contributed by atoms with E-state index in [4.69, 9.17) is 0 Å². The van der Waals surface area contributed by atoms with E-state index in [0.29, 0.717) is 24.2 Å². The molecule has 1 aliphatic rings. The smallest absolute Gasteiger partial charge is 0.191 e. The van der Waals surface area contributed by atoms with E-state index in [1.54, 1.807) is 12.1 Å². The number of likely N-dealkylation sites (tertiary alicyclic amines) is 1. The van der Waals surface area contributed by atoms with Gasteiger partial charge < -0.3 is 15.5 Å². The van der Waals surface area contributed by atoms with Crippen LogP contribution in [-0.4, -0.2) is 42.6 Å². The van der Waals surface area contributed by atoms with Gasteiger partial charge in [-0.2, -0.15) is 0 Å². The quantitative estimate of drug-likeness (QED) is 0.412. The molecule has 1 aromatic rings. The second-order valence-corrected chi connectivity index (χ2v) is 6.33. The predicted octanol–water partition coefficient (Wildman–Crippen LogP) is 3.37. The molecule has 0 radical (unpaired) electrons. The molecule has 0 bridgehead atoms. The van der Waals surface area contributed by atoms with Gasteiger partial charge in [0.25, 0.3) is 0 Å². The highest BCUT2D eigenvalue weighted by molar-refractivity contribution is 14.0. The van der Waals surface area contributed by atoms with Gasteiger partial charge in [0.1, 0.15) is 5.82 Å². The molecule has 24 heavy (non-hydrogen) atoms. The third-order valence-corrected chi connectivity index (χ3v) is 4.31. The van der Waals surface area contributed by atoms with Crippen molar-refractivity contribution in [1.29, 1.82) is 0 Å². The van der Waals surface area contributed by atoms with Gasteiger partial charge in [0.2, 0.25) is 0 Å². The van der Waals surface area contributed by atoms with Crippen LogP contribution in [0.5, 0.6) is 0 Å². The molecular formula is C18H30FIN4. The molecule has 1 aromatic carbocycles. The van der Waals surface area contributed by atoms with Gasteiger partial charge >= 0.3 is 0 Å². The first kappa shape index (κ1) is 21.2. The molecule has 0 aliphatic carbocycles. The number of halogens is 2. The van der Waals surface area contributed by atoms with Crippen LogP contribution in [0.4, 0.5) is 4.39 Å². The number of piperidine rings is 1. The number of rotatable bonds is 5. The minimum absolute atomic E-state index is 0. The molecular weight excluding hydrogens is 418 g/mol. The Bertz CT molecular complexity index is 513. The van der Waals surface area contributed by atoms with Crippen molar-refractivity contribution >= 4 is 29.9 Å². The lowest BCUT2D eigenvalue weighted by Gasteiger charge is -2.35. The lowest BCUT2D eigenvalue weighted by atomic mass is 10.0. The monoisotopic (exact) mass is 448 g/mol. The minimum Gasteiger partial charge on any atom is -0.357 e. The molecule has 0 saturated carbocycles. The van der Waals surface area contributed by atoms with E-state index in [-0.39, 0.29) is 29.8 Å². The fourth-order valence-electron chi connectivity index (χ4n) is 2.86. The SMILES string of the molecule is CCNC(=NCc1ccccc1F)NC1CCN(C(C)C)CC1.I. The number of nitrogens with one attached hydrogen (secondary N) is 2. The number of hydrogen-bond donors (Lipinski definition) is 2. The molecule has 2 rings (SSSR count). The zero-order chi connectivity index (χ0) is 16.7. The highest BCUT2D eigenvalue weighted by atomic mass is 127. The van der Waals surface area contributed by atoms with Crippen molar-refractivity contribution in [3.05, 3.63) is 35.6 Å². The van der Waals surface area contributed by atoms with E-state index in [9.17, 15) is 4.39 Å². The van der Waals surface area contributed by atoms with Crippen LogP contribution in [0.1, 0.15) is 39.2 Å². The van der Waals surface area contributed by atoms with E-state index >= 15 is 0 Å². The first-order valence-corrected chi connectivity index (χ1v) is 8.62. The van der Waals surface area contributed by atoms with E-state index in [1.807, 2.05) is 13.0 Å². The van der Waals surface area contributed by atoms with Gasteiger partial charge in [0, 0.05) is 37.3 Å². The Morgan fingerprint density at radius 2 is 1.96 bits per heavy atom. The maximum atomic E-state index is 13.7. The van der Waals surface area contributed by atoms with Crippen molar-refractivity contribution in [2.75, 3.05) is 19.6 Å². The zero-order valence-electron chi connectivity index (χ0n) is 14.9. The summed E-state index contributed by atoms with van der Waals surface area (Å²) >= 11 is 0. The molecule has 2 N–H and O–H groups in total. The highest BCUT2D eigenvalue weighted by Gasteiger charge is 2.21. The Labute approximate surface area is 162 Å². The molecule has 1 aliphatic heterocycles. The Hall–Kier alpha value is -0.890. The first-order chi connectivity index (χ1) is 11.1. The summed E-state index contributed by atoms with van der Waals surface area (Å²) in [4.78, 5) is 7.04. The fraction of sp³-hybridized carbons (Fsp3) is 0.611. The van der Waals surface area contributed by atoms with Crippen molar-refractivity contribution in [3.63, 3.8) is 0 Å². The van der Waals surface area contributed by atoms with Crippen LogP contribution < -0.4 is 10.6 Å². The van der Waals surface area contributed by atoms with Gasteiger partial charge in [0.15, 0.2) is 5.96 Å². The molecule has 6 heteroatoms. The van der Waals surface area contributed by atoms with Gasteiger partial charge in [-0.25, -0.2) is 9.38 Å². The third kappa shape index (κ3) is 6.55. The predicted molar refractivity (Wildman–Crippen MR) is 109 cm³/mol. The maximum Gasteiger partial charge on any atom is 0.191 e. The number of benzene rings is 1. The molecule has 4 nitrogen and oxygen atoms in total. The average molecular weight is 448 g/mol. The number of hydrogen-bond acceptors (Lipinski definition) is 2. The molecule has 1 heterocycles. The summed E-state index contributed by atoms with van der Waals surface area (Å²) in [6, 6.07) is 7.85. The van der Waals surface area contributed by atoms with Gasteiger partial charge in [-0.1, -0.05) is 18.2 Å². The zero-order valence-corrected chi connectivity index (χ0v) is 17.2. The summed E-state index contributed by atoms with van der Waals surface area (Å²) in [5, 5.41) is 6.75. The van der Waals surface area contributed by atoms with Gasteiger partial charge in [0.05, 0.1) is 6.54 Å². The van der Waals surface area contributed by atoms with Gasteiger partial charge in [-0.05, 0) is 39.7 Å². The van der Waals surface area contributed by atoms with Gasteiger partial charge in [-0.3, -0.25) is 0 Å². The molecule has 0 spiro atoms. The maximum absolute atomic E-state index is 13.7. The molecule has 0 amide bonds. The Balaban J connectivity index is 0.00000288. The van der Waals surface area contributed by atoms with Crippen molar-refractivity contribution in [2.45, 2.75) is 52.2 Å². The van der Waals surface area contributed by atoms with Crippen molar-refractivity contribution in [1.82, 2.24) is 15.5 Å². The van der Waals surface area contributed by atoms with E-state index in [1.165, 1.54) is 6.07 Å². The summed E-state index contributed by atoms with van der Waals surface area (Å²) in [5.41, 5.74) is 0.624. The average Bonchev–Trinajstić information content (AvgIpc) is 2.54. The van der Waals surface area contributed by atoms with Crippen LogP contribution in [0.3, 0.4) is 0 Å². The summed E-state index contributed by atoms with van der Waals surface area (Å²) in [5.74, 6) is 0.580. The number of aliphatic imine (C=N–C) groups is 1. The number of guanidine groups is 1. The highest BCUT2D eigenvalue weighted by Crippen LogP contribution is 2.13. The summed E-state index contributed by atoms with van der Waals surface area (Å²) in [6.45, 7) is 9.91. The van der Waals surface area contributed by atoms with Crippen LogP contribution in [0.15, 0.2) is 29.3 Å². The molecule has 0 atom stereocenters. The van der Waals surface area contributed by atoms with Crippen molar-refractivity contribution in [3.8, 4) is 0 Å². The molecule has 136 valence electrons. The Morgan fingerprint density at radius 3 is 2.54 bits per heavy atom. The van der Waals surface area contributed by atoms with Crippen molar-refractivity contribution < 1.29 is 4.39 Å². The van der Waals surface area contributed by atoms with E-state index < -0.39 is 0 Å². The lowest BCUT2D eigenvalue weighted by Crippen LogP contribution is -2.49. The second kappa shape index (κ2) is 10.9. The van der Waals surface area contributed by atoms with E-state index in [0.717, 1.165) is 38.4 Å². The summed E-state index contributed by atoms with van der Waals surface area (Å²) < 4.78 is 13.7. The standard InChI is InChI=1S/C18H29FN4.HI/c1-4-20-18(21-13-15-7-5-6-8-17(15)19)22-16-9-11-23(12-10-16)14(2)3;/h5-8,14,16H,4,9-13H2,1-3H3,(H2,20,21,22);1H. The summed E-state index contributed by atoms with van der Waals surface area (Å²) in [7, 11) is 0. The van der Waals surface area contributed by atoms with Crippen LogP contribution in [0, 0.1) is 5.82 Å². The molecule has 0 aromatic heterocycles. The Kier molecular flexibility index (Phi) is 9.58. The normalized spacial score (nSPS) is 16.8. The molecule has 1 fully saturated rings. The fourth-order valence-corrected chi connectivity index (χ4v) is 2.86. The Morgan fingerprint density at radius 1 is 1.29 bits per heavy atom. The third-order valence-electron chi connectivity index (χ3n) is 4.31. The number of nitrogens with zero attached hydrogens (tertiary/aromatic N) is 2. The van der Waals surface area contributed by atoms with Crippen molar-refractivity contribution in [2.24, 2.45) is 4.99 Å². The first-order valence-electron chi connectivity index (χ1n) is 8.62. The molecule has 1 saturated heterocycles. The summed E-state index contributed by atoms with van der Waals surface area (Å²) in [6.07, 6.45) is 2.23.